The Bertz CT molecular complexity index is 224. The zero-order valence-corrected chi connectivity index (χ0v) is 9.09. The molecule has 2 unspecified atom stereocenters. The van der Waals surface area contributed by atoms with Gasteiger partial charge in [-0.15, -0.1) is 12.3 Å². The van der Waals surface area contributed by atoms with Gasteiger partial charge in [0.2, 0.25) is 0 Å². The van der Waals surface area contributed by atoms with Crippen molar-refractivity contribution >= 4 is 5.78 Å². The first kappa shape index (κ1) is 11.3. The van der Waals surface area contributed by atoms with Gasteiger partial charge in [0.15, 0.2) is 0 Å². The van der Waals surface area contributed by atoms with Crippen molar-refractivity contribution < 1.29 is 4.79 Å². The van der Waals surface area contributed by atoms with E-state index in [-0.39, 0.29) is 0 Å². The van der Waals surface area contributed by atoms with Crippen molar-refractivity contribution in [1.82, 2.24) is 0 Å². The third kappa shape index (κ3) is 3.54. The quantitative estimate of drug-likeness (QED) is 0.494. The van der Waals surface area contributed by atoms with Crippen molar-refractivity contribution in [3.63, 3.8) is 0 Å². The molecule has 0 N–H and O–H groups in total. The Labute approximate surface area is 87.3 Å². The summed E-state index contributed by atoms with van der Waals surface area (Å²) in [4.78, 5) is 11.7. The van der Waals surface area contributed by atoms with E-state index < -0.39 is 0 Å². The van der Waals surface area contributed by atoms with E-state index in [1.807, 2.05) is 0 Å². The maximum absolute atomic E-state index is 11.7. The van der Waals surface area contributed by atoms with E-state index in [0.29, 0.717) is 18.1 Å². The average Bonchev–Trinajstić information content (AvgIpc) is 2.18. The maximum Gasteiger partial charge on any atom is 0.136 e. The largest absolute Gasteiger partial charge is 0.299 e. The Morgan fingerprint density at radius 1 is 1.50 bits per heavy atom. The molecule has 1 saturated carbocycles. The molecule has 0 aromatic heterocycles. The number of Topliss-reactive ketones (excluding diaryl/α,β-unsaturated/α-hetero) is 1. The van der Waals surface area contributed by atoms with Crippen LogP contribution >= 0.6 is 0 Å². The second kappa shape index (κ2) is 5.86. The van der Waals surface area contributed by atoms with Crippen molar-refractivity contribution in [2.75, 3.05) is 0 Å². The Kier molecular flexibility index (Phi) is 4.73. The predicted molar refractivity (Wildman–Crippen MR) is 58.8 cm³/mol. The second-order valence-corrected chi connectivity index (χ2v) is 4.49. The molecule has 0 heterocycles. The minimum atomic E-state index is 0.344. The van der Waals surface area contributed by atoms with Gasteiger partial charge in [-0.3, -0.25) is 4.79 Å². The lowest BCUT2D eigenvalue weighted by Crippen LogP contribution is -2.21. The van der Waals surface area contributed by atoms with Crippen molar-refractivity contribution in [3.05, 3.63) is 0 Å². The van der Waals surface area contributed by atoms with Gasteiger partial charge in [-0.05, 0) is 25.2 Å². The first-order chi connectivity index (χ1) is 6.74. The fraction of sp³-hybridized carbons (Fsp3) is 0.769. The van der Waals surface area contributed by atoms with E-state index in [1.165, 1.54) is 12.8 Å². The van der Waals surface area contributed by atoms with Crippen LogP contribution in [0.3, 0.4) is 0 Å². The molecule has 0 amide bonds. The van der Waals surface area contributed by atoms with Crippen molar-refractivity contribution in [3.8, 4) is 12.3 Å². The van der Waals surface area contributed by atoms with E-state index in [4.69, 9.17) is 6.42 Å². The molecule has 0 aromatic rings. The van der Waals surface area contributed by atoms with E-state index >= 15 is 0 Å². The predicted octanol–water partition coefficient (Wildman–Crippen LogP) is 3.19. The molecule has 0 radical (unpaired) electrons. The summed E-state index contributed by atoms with van der Waals surface area (Å²) >= 11 is 0. The van der Waals surface area contributed by atoms with Crippen molar-refractivity contribution in [1.29, 1.82) is 0 Å². The van der Waals surface area contributed by atoms with E-state index in [2.05, 4.69) is 12.8 Å². The topological polar surface area (TPSA) is 17.1 Å². The third-order valence-electron chi connectivity index (χ3n) is 3.14. The van der Waals surface area contributed by atoms with Gasteiger partial charge < -0.3 is 0 Å². The molecule has 78 valence electrons. The Morgan fingerprint density at radius 2 is 2.29 bits per heavy atom. The minimum absolute atomic E-state index is 0.344. The first-order valence-electron chi connectivity index (χ1n) is 5.70. The van der Waals surface area contributed by atoms with E-state index in [1.54, 1.807) is 0 Å². The van der Waals surface area contributed by atoms with Gasteiger partial charge in [0.1, 0.15) is 5.78 Å². The van der Waals surface area contributed by atoms with Crippen LogP contribution in [0.4, 0.5) is 0 Å². The van der Waals surface area contributed by atoms with Crippen LogP contribution in [0.5, 0.6) is 0 Å². The number of ketones is 1. The molecule has 0 aromatic carbocycles. The molecule has 1 aliphatic rings. The summed E-state index contributed by atoms with van der Waals surface area (Å²) in [5.74, 6) is 4.12. The number of terminal acetylenes is 1. The molecule has 1 fully saturated rings. The first-order valence-corrected chi connectivity index (χ1v) is 5.70. The summed E-state index contributed by atoms with van der Waals surface area (Å²) in [5.41, 5.74) is 0. The molecule has 2 atom stereocenters. The molecule has 0 aliphatic heterocycles. The Morgan fingerprint density at radius 3 is 2.93 bits per heavy atom. The molecular formula is C13H20O. The SMILES string of the molecule is C#CCCCC(=O)C1CCCC(C)C1. The van der Waals surface area contributed by atoms with Gasteiger partial charge in [0.05, 0.1) is 0 Å². The van der Waals surface area contributed by atoms with Gasteiger partial charge in [-0.2, -0.15) is 0 Å². The van der Waals surface area contributed by atoms with Gasteiger partial charge in [0, 0.05) is 18.8 Å². The van der Waals surface area contributed by atoms with Crippen LogP contribution in [0.15, 0.2) is 0 Å². The molecule has 0 spiro atoms. The van der Waals surface area contributed by atoms with Crippen molar-refractivity contribution in [2.24, 2.45) is 11.8 Å². The van der Waals surface area contributed by atoms with Crippen LogP contribution in [0.25, 0.3) is 0 Å². The molecule has 0 bridgehead atoms. The highest BCUT2D eigenvalue weighted by Crippen LogP contribution is 2.30. The van der Waals surface area contributed by atoms with E-state index in [9.17, 15) is 4.79 Å². The number of carbonyl (C=O) groups excluding carboxylic acids is 1. The van der Waals surface area contributed by atoms with Crippen LogP contribution in [0, 0.1) is 24.2 Å². The average molecular weight is 192 g/mol. The summed E-state index contributed by atoms with van der Waals surface area (Å²) in [7, 11) is 0. The minimum Gasteiger partial charge on any atom is -0.299 e. The van der Waals surface area contributed by atoms with E-state index in [0.717, 1.165) is 31.6 Å². The van der Waals surface area contributed by atoms with Gasteiger partial charge in [0.25, 0.3) is 0 Å². The zero-order valence-electron chi connectivity index (χ0n) is 9.09. The summed E-state index contributed by atoms with van der Waals surface area (Å²) in [5, 5.41) is 0. The summed E-state index contributed by atoms with van der Waals surface area (Å²) in [6, 6.07) is 0. The van der Waals surface area contributed by atoms with Gasteiger partial charge in [-0.1, -0.05) is 19.8 Å². The number of rotatable bonds is 4. The van der Waals surface area contributed by atoms with Crippen LogP contribution in [-0.2, 0) is 4.79 Å². The third-order valence-corrected chi connectivity index (χ3v) is 3.14. The molecule has 1 rings (SSSR count). The summed E-state index contributed by atoms with van der Waals surface area (Å²) in [6.45, 7) is 2.25. The van der Waals surface area contributed by atoms with Crippen LogP contribution in [-0.4, -0.2) is 5.78 Å². The number of hydrogen-bond donors (Lipinski definition) is 0. The highest BCUT2D eigenvalue weighted by atomic mass is 16.1. The van der Waals surface area contributed by atoms with Gasteiger partial charge in [-0.25, -0.2) is 0 Å². The summed E-state index contributed by atoms with van der Waals surface area (Å²) in [6.07, 6.45) is 12.2. The highest BCUT2D eigenvalue weighted by Gasteiger charge is 2.23. The Hall–Kier alpha value is -0.770. The molecule has 1 aliphatic carbocycles. The zero-order chi connectivity index (χ0) is 10.4. The monoisotopic (exact) mass is 192 g/mol. The number of unbranched alkanes of at least 4 members (excludes halogenated alkanes) is 1. The fourth-order valence-corrected chi connectivity index (χ4v) is 2.30. The Balaban J connectivity index is 2.26. The number of carbonyl (C=O) groups is 1. The standard InChI is InChI=1S/C13H20O/c1-3-4-5-9-13(14)12-8-6-7-11(2)10-12/h1,11-12H,4-10H2,2H3. The van der Waals surface area contributed by atoms with Crippen LogP contribution in [0.2, 0.25) is 0 Å². The molecule has 1 nitrogen and oxygen atoms in total. The maximum atomic E-state index is 11.7. The van der Waals surface area contributed by atoms with Crippen molar-refractivity contribution in [2.45, 2.75) is 51.9 Å². The summed E-state index contributed by atoms with van der Waals surface area (Å²) < 4.78 is 0. The van der Waals surface area contributed by atoms with Crippen LogP contribution in [0.1, 0.15) is 51.9 Å². The highest BCUT2D eigenvalue weighted by molar-refractivity contribution is 5.81. The number of hydrogen-bond acceptors (Lipinski definition) is 1. The molecule has 0 saturated heterocycles. The van der Waals surface area contributed by atoms with Gasteiger partial charge >= 0.3 is 0 Å². The molecule has 1 heteroatoms. The molecule has 14 heavy (non-hydrogen) atoms. The second-order valence-electron chi connectivity index (χ2n) is 4.49. The van der Waals surface area contributed by atoms with Crippen LogP contribution < -0.4 is 0 Å². The molecular weight excluding hydrogens is 172 g/mol. The lowest BCUT2D eigenvalue weighted by atomic mass is 9.79. The lowest BCUT2D eigenvalue weighted by molar-refractivity contribution is -0.124. The normalized spacial score (nSPS) is 26.9. The fourth-order valence-electron chi connectivity index (χ4n) is 2.30. The smallest absolute Gasteiger partial charge is 0.136 e. The lowest BCUT2D eigenvalue weighted by Gasteiger charge is -2.25.